The number of nitrogens with two attached hydrogens (primary N) is 1. The number of anilines is 1. The summed E-state index contributed by atoms with van der Waals surface area (Å²) in [6, 6.07) is 12.9. The number of tetrazole rings is 1. The third-order valence-electron chi connectivity index (χ3n) is 6.99. The Balaban J connectivity index is 1.26. The van der Waals surface area contributed by atoms with Crippen molar-refractivity contribution in [2.75, 3.05) is 12.3 Å². The number of hydrogen-bond acceptors (Lipinski definition) is 14. The molecule has 3 aromatic heterocycles. The maximum absolute atomic E-state index is 12.8. The number of aromatic amines is 1. The van der Waals surface area contributed by atoms with Gasteiger partial charge in [0.2, 0.25) is 11.1 Å². The molecular weight excluding hydrogens is 634 g/mol. The molecule has 4 heterocycles. The number of aliphatic hydroxyl groups excluding tert-OH is 2. The Morgan fingerprint density at radius 3 is 2.56 bits per heavy atom. The number of nitrogen functional groups attached to an aromatic ring is 1. The number of halogens is 1. The predicted molar refractivity (Wildman–Crippen MR) is 155 cm³/mol. The van der Waals surface area contributed by atoms with Gasteiger partial charge in [0.1, 0.15) is 23.8 Å². The molecule has 19 heteroatoms. The zero-order valence-corrected chi connectivity index (χ0v) is 24.2. The van der Waals surface area contributed by atoms with Crippen LogP contribution in [0.5, 0.6) is 0 Å². The monoisotopic (exact) mass is 655 g/mol. The minimum atomic E-state index is -2.30. The Bertz CT molecular complexity index is 1880. The van der Waals surface area contributed by atoms with Gasteiger partial charge in [0.15, 0.2) is 17.7 Å². The van der Waals surface area contributed by atoms with E-state index < -0.39 is 48.0 Å². The number of nitrogens with one attached hydrogen (secondary N) is 1. The summed E-state index contributed by atoms with van der Waals surface area (Å²) in [5.74, 6) is -2.93. The summed E-state index contributed by atoms with van der Waals surface area (Å²) < 4.78 is 13.1. The zero-order valence-electron chi connectivity index (χ0n) is 22.6. The van der Waals surface area contributed by atoms with Crippen LogP contribution >= 0.6 is 23.4 Å². The molecule has 1 aliphatic rings. The Morgan fingerprint density at radius 1 is 1.11 bits per heavy atom. The number of nitrogens with zero attached hydrogens (tertiary/aromatic N) is 7. The summed E-state index contributed by atoms with van der Waals surface area (Å²) in [5, 5.41) is 54.9. The summed E-state index contributed by atoms with van der Waals surface area (Å²) in [6.45, 7) is -0.544. The first kappa shape index (κ1) is 30.3. The quantitative estimate of drug-likeness (QED) is 0.0703. The maximum atomic E-state index is 12.8. The van der Waals surface area contributed by atoms with Crippen molar-refractivity contribution >= 4 is 52.3 Å². The highest BCUT2D eigenvalue weighted by Gasteiger charge is 2.51. The van der Waals surface area contributed by atoms with Gasteiger partial charge in [-0.15, -0.1) is 10.2 Å². The Hall–Kier alpha value is -4.72. The average Bonchev–Trinajstić information content (AvgIpc) is 3.77. The number of aliphatic hydroxyl groups is 2. The smallest absolute Gasteiger partial charge is 0.355 e. The van der Waals surface area contributed by atoms with Crippen LogP contribution in [0.25, 0.3) is 22.3 Å². The van der Waals surface area contributed by atoms with E-state index in [1.54, 1.807) is 42.5 Å². The molecule has 0 radical (unpaired) electrons. The number of imidazole rings is 1. The van der Waals surface area contributed by atoms with E-state index in [9.17, 15) is 30.0 Å². The Kier molecular flexibility index (Phi) is 8.08. The van der Waals surface area contributed by atoms with Crippen molar-refractivity contribution in [2.45, 2.75) is 34.4 Å². The second kappa shape index (κ2) is 12.0. The van der Waals surface area contributed by atoms with Crippen LogP contribution < -0.4 is 5.73 Å². The third-order valence-corrected chi connectivity index (χ3v) is 8.43. The standard InChI is InChI=1S/C26H22ClN9O8S/c27-25-30-19(28)16-20(31-25)36(10-29-16)21-18(38)17(37)15(44-21)9-43-26(24(41)42,23-32-34-35-33-23)45-12-7-5-11(6-8-12)13-3-1-2-4-14(13)22(39)40/h1-8,10,15,17-18,21,37-38H,9H2,(H,39,40)(H,41,42)(H2,28,30,31)(H,32,33,34,35)/t15-,17-,18-,21-,26?/m1/s1. The third kappa shape index (κ3) is 5.54. The topological polar surface area (TPSA) is 258 Å². The summed E-state index contributed by atoms with van der Waals surface area (Å²) in [4.78, 5) is 34.6. The highest BCUT2D eigenvalue weighted by molar-refractivity contribution is 8.00. The SMILES string of the molecule is Nc1nc(Cl)nc2c1ncn2[C@@H]1O[C@H](COC(Sc2ccc(-c3ccccc3C(=O)O)cc2)(C(=O)O)c2nn[nH]n2)[C@@H](O)[C@H]1O. The molecule has 1 saturated heterocycles. The minimum absolute atomic E-state index is 0.000764. The van der Waals surface area contributed by atoms with Gasteiger partial charge in [-0.05, 0) is 40.9 Å². The normalized spacial score (nSPS) is 21.1. The molecule has 1 unspecified atom stereocenters. The van der Waals surface area contributed by atoms with Gasteiger partial charge >= 0.3 is 11.9 Å². The van der Waals surface area contributed by atoms with Gasteiger partial charge in [0, 0.05) is 4.90 Å². The van der Waals surface area contributed by atoms with Crippen LogP contribution in [0.3, 0.4) is 0 Å². The van der Waals surface area contributed by atoms with Crippen LogP contribution in [-0.2, 0) is 19.2 Å². The largest absolute Gasteiger partial charge is 0.478 e. The summed E-state index contributed by atoms with van der Waals surface area (Å²) in [6.07, 6.45) is -4.22. The van der Waals surface area contributed by atoms with Gasteiger partial charge in [-0.2, -0.15) is 15.2 Å². The predicted octanol–water partition coefficient (Wildman–Crippen LogP) is 1.31. The maximum Gasteiger partial charge on any atom is 0.355 e. The molecule has 2 aromatic carbocycles. The molecule has 1 aliphatic heterocycles. The fraction of sp³-hybridized carbons (Fsp3) is 0.231. The number of benzene rings is 2. The number of hydrogen-bond donors (Lipinski definition) is 6. The van der Waals surface area contributed by atoms with Crippen molar-refractivity contribution in [1.29, 1.82) is 0 Å². The number of carboxylic acids is 2. The van der Waals surface area contributed by atoms with Gasteiger partial charge in [-0.25, -0.2) is 14.6 Å². The molecule has 5 aromatic rings. The number of rotatable bonds is 10. The molecule has 0 spiro atoms. The van der Waals surface area contributed by atoms with Crippen molar-refractivity contribution in [3.63, 3.8) is 0 Å². The average molecular weight is 656 g/mol. The van der Waals surface area contributed by atoms with Crippen molar-refractivity contribution in [1.82, 2.24) is 40.1 Å². The first-order valence-corrected chi connectivity index (χ1v) is 14.2. The molecule has 45 heavy (non-hydrogen) atoms. The Labute approximate surface area is 261 Å². The number of aliphatic carboxylic acids is 1. The van der Waals surface area contributed by atoms with Crippen LogP contribution in [0.15, 0.2) is 59.8 Å². The second-order valence-corrected chi connectivity index (χ2v) is 11.3. The van der Waals surface area contributed by atoms with E-state index in [1.165, 1.54) is 17.0 Å². The fourth-order valence-corrected chi connectivity index (χ4v) is 5.99. The molecule has 6 rings (SSSR count). The number of H-pyrrole nitrogens is 1. The van der Waals surface area contributed by atoms with Crippen molar-refractivity contribution < 1.29 is 39.5 Å². The van der Waals surface area contributed by atoms with Crippen LogP contribution in [0, 0.1) is 0 Å². The van der Waals surface area contributed by atoms with E-state index in [4.69, 9.17) is 26.8 Å². The van der Waals surface area contributed by atoms with E-state index in [1.807, 2.05) is 0 Å². The van der Waals surface area contributed by atoms with E-state index in [0.29, 0.717) is 16.0 Å². The molecule has 232 valence electrons. The van der Waals surface area contributed by atoms with Crippen molar-refractivity contribution in [2.24, 2.45) is 0 Å². The first-order chi connectivity index (χ1) is 21.6. The van der Waals surface area contributed by atoms with E-state index in [2.05, 4.69) is 35.6 Å². The van der Waals surface area contributed by atoms with Crippen LogP contribution in [0.1, 0.15) is 22.4 Å². The van der Waals surface area contributed by atoms with Gasteiger partial charge in [-0.3, -0.25) is 4.57 Å². The lowest BCUT2D eigenvalue weighted by molar-refractivity contribution is -0.161. The van der Waals surface area contributed by atoms with Crippen LogP contribution in [0.4, 0.5) is 5.82 Å². The summed E-state index contributed by atoms with van der Waals surface area (Å²) in [7, 11) is 0. The molecule has 7 N–H and O–H groups in total. The van der Waals surface area contributed by atoms with Gasteiger partial charge in [0.25, 0.3) is 4.93 Å². The number of fused-ring (bicyclic) bond motifs is 1. The highest BCUT2D eigenvalue weighted by atomic mass is 35.5. The highest BCUT2D eigenvalue weighted by Crippen LogP contribution is 2.43. The van der Waals surface area contributed by atoms with Crippen molar-refractivity contribution in [3.8, 4) is 11.1 Å². The summed E-state index contributed by atoms with van der Waals surface area (Å²) >= 11 is 6.66. The fourth-order valence-electron chi connectivity index (χ4n) is 4.82. The van der Waals surface area contributed by atoms with Crippen LogP contribution in [0.2, 0.25) is 5.28 Å². The number of aromatic carboxylic acids is 1. The van der Waals surface area contributed by atoms with E-state index >= 15 is 0 Å². The van der Waals surface area contributed by atoms with E-state index in [-0.39, 0.29) is 33.7 Å². The molecule has 0 aliphatic carbocycles. The first-order valence-electron chi connectivity index (χ1n) is 13.0. The lowest BCUT2D eigenvalue weighted by atomic mass is 10.00. The van der Waals surface area contributed by atoms with Gasteiger partial charge in [-0.1, -0.05) is 47.3 Å². The van der Waals surface area contributed by atoms with E-state index in [0.717, 1.165) is 11.8 Å². The Morgan fingerprint density at radius 2 is 1.87 bits per heavy atom. The zero-order chi connectivity index (χ0) is 31.9. The lowest BCUT2D eigenvalue weighted by Gasteiger charge is -2.27. The van der Waals surface area contributed by atoms with Gasteiger partial charge < -0.3 is 35.6 Å². The number of thioether (sulfide) groups is 1. The number of carbonyl (C=O) groups is 2. The lowest BCUT2D eigenvalue weighted by Crippen LogP contribution is -2.41. The molecule has 0 saturated carbocycles. The molecule has 17 nitrogen and oxygen atoms in total. The summed E-state index contributed by atoms with van der Waals surface area (Å²) in [5.41, 5.74) is 7.36. The second-order valence-electron chi connectivity index (χ2n) is 9.69. The number of aromatic nitrogens is 8. The molecular formula is C26H22ClN9O8S. The minimum Gasteiger partial charge on any atom is -0.478 e. The molecule has 0 bridgehead atoms. The van der Waals surface area contributed by atoms with Crippen molar-refractivity contribution in [3.05, 3.63) is 71.5 Å². The number of carboxylic acid groups (broad SMARTS) is 2. The van der Waals surface area contributed by atoms with Gasteiger partial charge in [0.05, 0.1) is 18.5 Å². The molecule has 1 fully saturated rings. The molecule has 0 amide bonds. The van der Waals surface area contributed by atoms with Crippen LogP contribution in [-0.4, -0.2) is 97.4 Å². The molecule has 5 atom stereocenters. The number of ether oxygens (including phenoxy) is 2.